The lowest BCUT2D eigenvalue weighted by Crippen LogP contribution is -2.14. The first-order valence-electron chi connectivity index (χ1n) is 6.97. The van der Waals surface area contributed by atoms with Crippen molar-refractivity contribution in [3.8, 4) is 0 Å². The van der Waals surface area contributed by atoms with Crippen LogP contribution in [0.1, 0.15) is 11.3 Å². The fourth-order valence-electron chi connectivity index (χ4n) is 2.48. The van der Waals surface area contributed by atoms with Gasteiger partial charge in [0, 0.05) is 22.8 Å². The number of nitrogens with zero attached hydrogens (tertiary/aromatic N) is 1. The van der Waals surface area contributed by atoms with Crippen LogP contribution in [0.3, 0.4) is 0 Å². The third-order valence-corrected chi connectivity index (χ3v) is 3.99. The average molecular weight is 342 g/mol. The first-order chi connectivity index (χ1) is 10.2. The van der Waals surface area contributed by atoms with Gasteiger partial charge in [-0.25, -0.2) is 0 Å². The molecule has 0 radical (unpaired) electrons. The third kappa shape index (κ3) is 3.69. The lowest BCUT2D eigenvalue weighted by Gasteiger charge is -2.11. The molecule has 0 saturated carbocycles. The van der Waals surface area contributed by atoms with Crippen molar-refractivity contribution in [3.05, 3.63) is 76.5 Å². The summed E-state index contributed by atoms with van der Waals surface area (Å²) in [6.07, 6.45) is 2.56. The Morgan fingerprint density at radius 2 is 1.76 bits per heavy atom. The molecule has 0 bridgehead atoms. The largest absolute Gasteiger partial charge is 0.392 e. The summed E-state index contributed by atoms with van der Waals surface area (Å²) in [7, 11) is 0. The molecule has 21 heavy (non-hydrogen) atoms. The number of hydrogen-bond acceptors (Lipinski definition) is 2. The molecule has 1 N–H and O–H groups in total. The molecule has 2 nitrogen and oxygen atoms in total. The maximum atomic E-state index is 10.2. The minimum Gasteiger partial charge on any atom is -0.392 e. The van der Waals surface area contributed by atoms with E-state index in [2.05, 4.69) is 51.2 Å². The molecule has 1 heterocycles. The van der Waals surface area contributed by atoms with Gasteiger partial charge in [0.2, 0.25) is 0 Å². The van der Waals surface area contributed by atoms with Gasteiger partial charge in [-0.1, -0.05) is 42.5 Å². The summed E-state index contributed by atoms with van der Waals surface area (Å²) >= 11 is 3.36. The zero-order valence-corrected chi connectivity index (χ0v) is 13.1. The summed E-state index contributed by atoms with van der Waals surface area (Å²) in [5.41, 5.74) is 2.06. The normalized spacial score (nSPS) is 12.5. The molecular formula is C18H16BrNO. The zero-order valence-electron chi connectivity index (χ0n) is 11.5. The van der Waals surface area contributed by atoms with Gasteiger partial charge in [-0.05, 0) is 50.8 Å². The fraction of sp³-hybridized carbons (Fsp3) is 0.167. The minimum absolute atomic E-state index is 0.417. The van der Waals surface area contributed by atoms with E-state index in [0.717, 1.165) is 15.7 Å². The van der Waals surface area contributed by atoms with Crippen molar-refractivity contribution in [2.75, 3.05) is 0 Å². The van der Waals surface area contributed by atoms with Crippen molar-refractivity contribution in [2.45, 2.75) is 18.9 Å². The Labute approximate surface area is 132 Å². The van der Waals surface area contributed by atoms with Crippen LogP contribution in [0.4, 0.5) is 0 Å². The summed E-state index contributed by atoms with van der Waals surface area (Å²) in [4.78, 5) is 4.30. The summed E-state index contributed by atoms with van der Waals surface area (Å²) in [5.74, 6) is 0. The van der Waals surface area contributed by atoms with Crippen LogP contribution in [0.15, 0.2) is 65.3 Å². The van der Waals surface area contributed by atoms with E-state index >= 15 is 0 Å². The van der Waals surface area contributed by atoms with E-state index in [4.69, 9.17) is 0 Å². The maximum Gasteiger partial charge on any atom is 0.0635 e. The fourth-order valence-corrected chi connectivity index (χ4v) is 2.71. The predicted molar refractivity (Wildman–Crippen MR) is 89.3 cm³/mol. The SMILES string of the molecule is OC(Cc1ccc2ccccc2c1)Cc1ccc(Br)cn1. The summed E-state index contributed by atoms with van der Waals surface area (Å²) in [6, 6.07) is 18.5. The highest BCUT2D eigenvalue weighted by atomic mass is 79.9. The van der Waals surface area contributed by atoms with Gasteiger partial charge in [-0.15, -0.1) is 0 Å². The van der Waals surface area contributed by atoms with E-state index in [1.54, 1.807) is 6.20 Å². The smallest absolute Gasteiger partial charge is 0.0635 e. The molecule has 0 saturated heterocycles. The van der Waals surface area contributed by atoms with Crippen molar-refractivity contribution in [1.82, 2.24) is 4.98 Å². The van der Waals surface area contributed by atoms with Gasteiger partial charge in [0.05, 0.1) is 6.10 Å². The summed E-state index contributed by atoms with van der Waals surface area (Å²) in [6.45, 7) is 0. The van der Waals surface area contributed by atoms with Gasteiger partial charge < -0.3 is 5.11 Å². The molecule has 1 atom stereocenters. The highest BCUT2D eigenvalue weighted by Gasteiger charge is 2.08. The number of aliphatic hydroxyl groups excluding tert-OH is 1. The second kappa shape index (κ2) is 6.37. The van der Waals surface area contributed by atoms with E-state index in [0.29, 0.717) is 12.8 Å². The molecule has 0 fully saturated rings. The molecule has 0 aliphatic rings. The topological polar surface area (TPSA) is 33.1 Å². The molecule has 106 valence electrons. The quantitative estimate of drug-likeness (QED) is 0.773. The highest BCUT2D eigenvalue weighted by molar-refractivity contribution is 9.10. The van der Waals surface area contributed by atoms with Crippen LogP contribution in [0.5, 0.6) is 0 Å². The summed E-state index contributed by atoms with van der Waals surface area (Å²) < 4.78 is 0.954. The highest BCUT2D eigenvalue weighted by Crippen LogP contribution is 2.17. The Balaban J connectivity index is 1.70. The van der Waals surface area contributed by atoms with Gasteiger partial charge in [-0.3, -0.25) is 4.98 Å². The second-order valence-corrected chi connectivity index (χ2v) is 6.13. The number of aliphatic hydroxyl groups is 1. The molecule has 2 aromatic carbocycles. The van der Waals surface area contributed by atoms with Crippen LogP contribution < -0.4 is 0 Å². The van der Waals surface area contributed by atoms with Crippen LogP contribution in [-0.4, -0.2) is 16.2 Å². The molecule has 1 unspecified atom stereocenters. The van der Waals surface area contributed by atoms with Gasteiger partial charge in [0.15, 0.2) is 0 Å². The maximum absolute atomic E-state index is 10.2. The molecule has 3 aromatic rings. The molecule has 3 rings (SSSR count). The van der Waals surface area contributed by atoms with Crippen molar-refractivity contribution in [3.63, 3.8) is 0 Å². The number of pyridine rings is 1. The van der Waals surface area contributed by atoms with Crippen molar-refractivity contribution in [1.29, 1.82) is 0 Å². The zero-order chi connectivity index (χ0) is 14.7. The number of hydrogen-bond donors (Lipinski definition) is 1. The van der Waals surface area contributed by atoms with Crippen LogP contribution in [0.2, 0.25) is 0 Å². The van der Waals surface area contributed by atoms with E-state index in [1.807, 2.05) is 24.3 Å². The van der Waals surface area contributed by atoms with Crippen molar-refractivity contribution >= 4 is 26.7 Å². The standard InChI is InChI=1S/C18H16BrNO/c19-16-7-8-17(20-12-16)11-18(21)10-13-5-6-14-3-1-2-4-15(14)9-13/h1-9,12,18,21H,10-11H2. The number of benzene rings is 2. The van der Waals surface area contributed by atoms with Crippen LogP contribution in [-0.2, 0) is 12.8 Å². The molecule has 0 spiro atoms. The van der Waals surface area contributed by atoms with Crippen LogP contribution in [0, 0.1) is 0 Å². The third-order valence-electron chi connectivity index (χ3n) is 3.52. The molecule has 0 aliphatic carbocycles. The second-order valence-electron chi connectivity index (χ2n) is 5.21. The monoisotopic (exact) mass is 341 g/mol. The Kier molecular flexibility index (Phi) is 4.32. The molecule has 0 amide bonds. The van der Waals surface area contributed by atoms with Crippen LogP contribution >= 0.6 is 15.9 Å². The lowest BCUT2D eigenvalue weighted by atomic mass is 10.0. The van der Waals surface area contributed by atoms with E-state index in [9.17, 15) is 5.11 Å². The number of rotatable bonds is 4. The first kappa shape index (κ1) is 14.2. The van der Waals surface area contributed by atoms with Gasteiger partial charge in [0.1, 0.15) is 0 Å². The molecular weight excluding hydrogens is 326 g/mol. The van der Waals surface area contributed by atoms with Gasteiger partial charge >= 0.3 is 0 Å². The van der Waals surface area contributed by atoms with E-state index in [1.165, 1.54) is 10.8 Å². The van der Waals surface area contributed by atoms with E-state index in [-0.39, 0.29) is 0 Å². The predicted octanol–water partition coefficient (Wildman–Crippen LogP) is 4.14. The summed E-state index contributed by atoms with van der Waals surface area (Å²) in [5, 5.41) is 12.7. The lowest BCUT2D eigenvalue weighted by molar-refractivity contribution is 0.174. The molecule has 0 aliphatic heterocycles. The Bertz CT molecular complexity index is 740. The van der Waals surface area contributed by atoms with Crippen LogP contribution in [0.25, 0.3) is 10.8 Å². The average Bonchev–Trinajstić information content (AvgIpc) is 2.49. The first-order valence-corrected chi connectivity index (χ1v) is 7.76. The Morgan fingerprint density at radius 3 is 2.52 bits per heavy atom. The Hall–Kier alpha value is -1.71. The number of halogens is 1. The molecule has 1 aromatic heterocycles. The van der Waals surface area contributed by atoms with Gasteiger partial charge in [-0.2, -0.15) is 0 Å². The van der Waals surface area contributed by atoms with Crippen molar-refractivity contribution < 1.29 is 5.11 Å². The Morgan fingerprint density at radius 1 is 0.952 bits per heavy atom. The minimum atomic E-state index is -0.417. The van der Waals surface area contributed by atoms with E-state index < -0.39 is 6.10 Å². The van der Waals surface area contributed by atoms with Gasteiger partial charge in [0.25, 0.3) is 0 Å². The number of aromatic nitrogens is 1. The van der Waals surface area contributed by atoms with Crippen molar-refractivity contribution in [2.24, 2.45) is 0 Å². The molecule has 3 heteroatoms. The number of fused-ring (bicyclic) bond motifs is 1.